The maximum atomic E-state index is 13.9. The standard InChI is InChI=1S/C21H28N8O2S/c30-32(31,28(17-2-1-3-17)12-10-26-9-8-22-16-26)29-13-11-27(14-21(29)5-6-21)20-18-4-7-23-19(18)24-15-25-20/h4,7-9,15-17H,1-3,5-6,10-14H2,(H,23,24,25). The Morgan fingerprint density at radius 3 is 2.81 bits per heavy atom. The highest BCUT2D eigenvalue weighted by Crippen LogP contribution is 2.48. The van der Waals surface area contributed by atoms with Crippen molar-refractivity contribution in [2.24, 2.45) is 0 Å². The van der Waals surface area contributed by atoms with Crippen LogP contribution in [0.3, 0.4) is 0 Å². The van der Waals surface area contributed by atoms with Crippen molar-refractivity contribution < 1.29 is 8.42 Å². The summed E-state index contributed by atoms with van der Waals surface area (Å²) in [5, 5.41) is 0.982. The van der Waals surface area contributed by atoms with E-state index in [4.69, 9.17) is 0 Å². The highest BCUT2D eigenvalue weighted by atomic mass is 32.2. The van der Waals surface area contributed by atoms with E-state index in [2.05, 4.69) is 24.8 Å². The minimum Gasteiger partial charge on any atom is -0.353 e. The minimum absolute atomic E-state index is 0.110. The number of anilines is 1. The summed E-state index contributed by atoms with van der Waals surface area (Å²) in [5.41, 5.74) is 0.479. The number of hydrogen-bond donors (Lipinski definition) is 1. The van der Waals surface area contributed by atoms with Crippen molar-refractivity contribution in [3.63, 3.8) is 0 Å². The van der Waals surface area contributed by atoms with Gasteiger partial charge in [0.25, 0.3) is 10.2 Å². The molecule has 1 aliphatic heterocycles. The van der Waals surface area contributed by atoms with Crippen LogP contribution in [0.25, 0.3) is 11.0 Å². The van der Waals surface area contributed by atoms with Gasteiger partial charge in [0.1, 0.15) is 17.8 Å². The highest BCUT2D eigenvalue weighted by Gasteiger charge is 2.57. The Hall–Kier alpha value is -2.50. The maximum absolute atomic E-state index is 13.9. The zero-order chi connectivity index (χ0) is 21.8. The second-order valence-electron chi connectivity index (χ2n) is 9.16. The minimum atomic E-state index is -3.55. The van der Waals surface area contributed by atoms with E-state index < -0.39 is 10.2 Å². The maximum Gasteiger partial charge on any atom is 0.282 e. The van der Waals surface area contributed by atoms with Crippen LogP contribution in [0.5, 0.6) is 0 Å². The van der Waals surface area contributed by atoms with Crippen LogP contribution in [0.4, 0.5) is 5.82 Å². The van der Waals surface area contributed by atoms with Crippen molar-refractivity contribution in [2.75, 3.05) is 31.1 Å². The summed E-state index contributed by atoms with van der Waals surface area (Å²) >= 11 is 0. The van der Waals surface area contributed by atoms with E-state index in [1.54, 1.807) is 27.5 Å². The number of nitrogens with zero attached hydrogens (tertiary/aromatic N) is 7. The predicted octanol–water partition coefficient (Wildman–Crippen LogP) is 1.61. The van der Waals surface area contributed by atoms with Crippen molar-refractivity contribution in [1.29, 1.82) is 0 Å². The number of aromatic amines is 1. The lowest BCUT2D eigenvalue weighted by Crippen LogP contribution is -2.62. The summed E-state index contributed by atoms with van der Waals surface area (Å²) in [6, 6.07) is 2.10. The first-order valence-electron chi connectivity index (χ1n) is 11.4. The van der Waals surface area contributed by atoms with Gasteiger partial charge in [-0.1, -0.05) is 6.42 Å². The molecule has 10 nitrogen and oxygen atoms in total. The molecule has 1 spiro atoms. The molecule has 2 saturated carbocycles. The molecule has 0 radical (unpaired) electrons. The highest BCUT2D eigenvalue weighted by molar-refractivity contribution is 7.86. The summed E-state index contributed by atoms with van der Waals surface area (Å²) in [6.07, 6.45) is 13.6. The van der Waals surface area contributed by atoms with Gasteiger partial charge >= 0.3 is 0 Å². The van der Waals surface area contributed by atoms with Gasteiger partial charge in [0.05, 0.1) is 17.3 Å². The lowest BCUT2D eigenvalue weighted by molar-refractivity contribution is 0.180. The third kappa shape index (κ3) is 3.30. The largest absolute Gasteiger partial charge is 0.353 e. The van der Waals surface area contributed by atoms with E-state index in [1.807, 2.05) is 23.0 Å². The Morgan fingerprint density at radius 1 is 1.22 bits per heavy atom. The summed E-state index contributed by atoms with van der Waals surface area (Å²) in [6.45, 7) is 2.87. The molecule has 0 atom stereocenters. The number of imidazole rings is 1. The van der Waals surface area contributed by atoms with Crippen LogP contribution < -0.4 is 4.90 Å². The van der Waals surface area contributed by atoms with Crippen molar-refractivity contribution in [3.8, 4) is 0 Å². The van der Waals surface area contributed by atoms with Gasteiger partial charge in [0.15, 0.2) is 0 Å². The molecule has 1 saturated heterocycles. The summed E-state index contributed by atoms with van der Waals surface area (Å²) < 4.78 is 33.4. The van der Waals surface area contributed by atoms with Gasteiger partial charge in [-0.2, -0.15) is 17.0 Å². The third-order valence-corrected chi connectivity index (χ3v) is 9.44. The summed E-state index contributed by atoms with van der Waals surface area (Å²) in [4.78, 5) is 18.3. The predicted molar refractivity (Wildman–Crippen MR) is 120 cm³/mol. The van der Waals surface area contributed by atoms with Crippen molar-refractivity contribution in [2.45, 2.75) is 50.2 Å². The van der Waals surface area contributed by atoms with Crippen molar-refractivity contribution in [3.05, 3.63) is 37.3 Å². The molecule has 1 N–H and O–H groups in total. The molecule has 3 aromatic rings. The number of H-pyrrole nitrogens is 1. The van der Waals surface area contributed by atoms with Crippen LogP contribution in [0.1, 0.15) is 32.1 Å². The smallest absolute Gasteiger partial charge is 0.282 e. The van der Waals surface area contributed by atoms with Crippen molar-refractivity contribution in [1.82, 2.24) is 33.1 Å². The third-order valence-electron chi connectivity index (χ3n) is 7.24. The molecule has 3 aliphatic rings. The number of piperazine rings is 1. The number of aromatic nitrogens is 5. The van der Waals surface area contributed by atoms with Gasteiger partial charge in [0.2, 0.25) is 0 Å². The SMILES string of the molecule is O=S(=O)(N(CCn1ccnc1)C1CCC1)N1CCN(c2ncnc3[nH]ccc23)CC12CC2. The second-order valence-corrected chi connectivity index (χ2v) is 11.0. The van der Waals surface area contributed by atoms with E-state index in [-0.39, 0.29) is 11.6 Å². The van der Waals surface area contributed by atoms with E-state index in [9.17, 15) is 8.42 Å². The Bertz CT molecular complexity index is 1200. The van der Waals surface area contributed by atoms with Crippen LogP contribution in [-0.2, 0) is 16.8 Å². The van der Waals surface area contributed by atoms with E-state index in [1.165, 1.54) is 0 Å². The van der Waals surface area contributed by atoms with E-state index in [0.717, 1.165) is 49.0 Å². The van der Waals surface area contributed by atoms with Crippen LogP contribution in [0.15, 0.2) is 37.3 Å². The molecule has 4 heterocycles. The molecule has 3 aromatic heterocycles. The average molecular weight is 457 g/mol. The summed E-state index contributed by atoms with van der Waals surface area (Å²) in [7, 11) is -3.55. The van der Waals surface area contributed by atoms with Gasteiger partial charge in [-0.3, -0.25) is 0 Å². The Balaban J connectivity index is 1.25. The Morgan fingerprint density at radius 2 is 2.09 bits per heavy atom. The second kappa shape index (κ2) is 7.53. The lowest BCUT2D eigenvalue weighted by Gasteiger charge is -2.46. The first-order chi connectivity index (χ1) is 15.6. The molecule has 32 heavy (non-hydrogen) atoms. The zero-order valence-electron chi connectivity index (χ0n) is 18.0. The molecule has 0 unspecified atom stereocenters. The van der Waals surface area contributed by atoms with E-state index >= 15 is 0 Å². The molecule has 3 fully saturated rings. The van der Waals surface area contributed by atoms with Crippen LogP contribution in [-0.4, -0.2) is 79.3 Å². The molecule has 6 rings (SSSR count). The number of fused-ring (bicyclic) bond motifs is 1. The van der Waals surface area contributed by atoms with Crippen molar-refractivity contribution >= 4 is 27.1 Å². The molecular formula is C21H28N8O2S. The number of rotatable bonds is 7. The normalized spacial score (nSPS) is 21.5. The Kier molecular flexibility index (Phi) is 4.74. The zero-order valence-corrected chi connectivity index (χ0v) is 18.8. The fraction of sp³-hybridized carbons (Fsp3) is 0.571. The number of nitrogens with one attached hydrogen (secondary N) is 1. The van der Waals surface area contributed by atoms with Crippen LogP contribution in [0, 0.1) is 0 Å². The molecule has 11 heteroatoms. The Labute approximate surface area is 187 Å². The molecule has 170 valence electrons. The molecular weight excluding hydrogens is 428 g/mol. The van der Waals surface area contributed by atoms with Gasteiger partial charge in [0, 0.05) is 57.4 Å². The summed E-state index contributed by atoms with van der Waals surface area (Å²) in [5.74, 6) is 0.885. The first-order valence-corrected chi connectivity index (χ1v) is 12.7. The van der Waals surface area contributed by atoms with E-state index in [0.29, 0.717) is 32.7 Å². The fourth-order valence-corrected chi connectivity index (χ4v) is 7.28. The van der Waals surface area contributed by atoms with Crippen LogP contribution in [0.2, 0.25) is 0 Å². The van der Waals surface area contributed by atoms with Gasteiger partial charge in [-0.05, 0) is 31.7 Å². The molecule has 0 bridgehead atoms. The molecule has 2 aliphatic carbocycles. The molecule has 0 aromatic carbocycles. The number of hydrogen-bond acceptors (Lipinski definition) is 6. The fourth-order valence-electron chi connectivity index (χ4n) is 5.09. The quantitative estimate of drug-likeness (QED) is 0.579. The molecule has 0 amide bonds. The monoisotopic (exact) mass is 456 g/mol. The van der Waals surface area contributed by atoms with Crippen LogP contribution >= 0.6 is 0 Å². The lowest BCUT2D eigenvalue weighted by atomic mass is 9.93. The topological polar surface area (TPSA) is 103 Å². The van der Waals surface area contributed by atoms with Gasteiger partial charge in [-0.25, -0.2) is 15.0 Å². The average Bonchev–Trinajstić information content (AvgIpc) is 3.17. The van der Waals surface area contributed by atoms with Gasteiger partial charge in [-0.15, -0.1) is 0 Å². The first kappa shape index (κ1) is 20.1. The van der Waals surface area contributed by atoms with Gasteiger partial charge < -0.3 is 14.5 Å².